The molecule has 0 heterocycles. The molecular formula is C23H23NO3. The zero-order valence-electron chi connectivity index (χ0n) is 15.1. The first-order chi connectivity index (χ1) is 13.3. The highest BCUT2D eigenvalue weighted by molar-refractivity contribution is 5.95. The highest BCUT2D eigenvalue weighted by Gasteiger charge is 2.19. The monoisotopic (exact) mass is 361 g/mol. The minimum Gasteiger partial charge on any atom is -0.489 e. The molecule has 0 aromatic heterocycles. The minimum absolute atomic E-state index is 0.0821. The lowest BCUT2D eigenvalue weighted by Crippen LogP contribution is -2.33. The molecule has 0 bridgehead atoms. The van der Waals surface area contributed by atoms with Gasteiger partial charge in [0.1, 0.15) is 12.4 Å². The molecule has 3 aromatic carbocycles. The lowest BCUT2D eigenvalue weighted by molar-refractivity contribution is 0.0705. The topological polar surface area (TPSA) is 49.8 Å². The first-order valence-corrected chi connectivity index (χ1v) is 8.98. The van der Waals surface area contributed by atoms with Gasteiger partial charge < -0.3 is 14.7 Å². The third-order valence-corrected chi connectivity index (χ3v) is 4.26. The number of ether oxygens (including phenoxy) is 1. The normalized spacial score (nSPS) is 10.4. The van der Waals surface area contributed by atoms with Crippen LogP contribution in [0.25, 0.3) is 0 Å². The zero-order valence-corrected chi connectivity index (χ0v) is 15.1. The molecule has 0 saturated carbocycles. The van der Waals surface area contributed by atoms with E-state index >= 15 is 0 Å². The van der Waals surface area contributed by atoms with Gasteiger partial charge in [0.2, 0.25) is 0 Å². The summed E-state index contributed by atoms with van der Waals surface area (Å²) in [6.45, 7) is 0.960. The average Bonchev–Trinajstić information content (AvgIpc) is 2.73. The molecule has 0 saturated heterocycles. The van der Waals surface area contributed by atoms with Gasteiger partial charge in [0.15, 0.2) is 0 Å². The lowest BCUT2D eigenvalue weighted by Gasteiger charge is -2.23. The van der Waals surface area contributed by atoms with E-state index in [0.717, 1.165) is 16.9 Å². The second kappa shape index (κ2) is 9.55. The van der Waals surface area contributed by atoms with Crippen LogP contribution in [0.1, 0.15) is 21.5 Å². The van der Waals surface area contributed by atoms with Gasteiger partial charge in [-0.3, -0.25) is 4.79 Å². The van der Waals surface area contributed by atoms with E-state index in [0.29, 0.717) is 18.7 Å². The van der Waals surface area contributed by atoms with Crippen LogP contribution in [0.3, 0.4) is 0 Å². The number of nitrogens with zero attached hydrogens (tertiary/aromatic N) is 1. The summed E-state index contributed by atoms with van der Waals surface area (Å²) in [7, 11) is 0. The Hall–Kier alpha value is -3.11. The summed E-state index contributed by atoms with van der Waals surface area (Å²) in [6.07, 6.45) is 0. The Labute approximate surface area is 159 Å². The zero-order chi connectivity index (χ0) is 18.9. The average molecular weight is 361 g/mol. The van der Waals surface area contributed by atoms with Crippen LogP contribution in [0.5, 0.6) is 5.75 Å². The highest BCUT2D eigenvalue weighted by atomic mass is 16.5. The largest absolute Gasteiger partial charge is 0.489 e. The van der Waals surface area contributed by atoms with Gasteiger partial charge >= 0.3 is 0 Å². The van der Waals surface area contributed by atoms with E-state index in [-0.39, 0.29) is 19.1 Å². The molecular weight excluding hydrogens is 338 g/mol. The molecule has 0 fully saturated rings. The Morgan fingerprint density at radius 3 is 2.19 bits per heavy atom. The van der Waals surface area contributed by atoms with Crippen molar-refractivity contribution in [2.75, 3.05) is 13.2 Å². The molecule has 0 radical (unpaired) electrons. The molecule has 27 heavy (non-hydrogen) atoms. The van der Waals surface area contributed by atoms with Gasteiger partial charge in [0.05, 0.1) is 6.61 Å². The molecule has 3 aromatic rings. The number of carbonyl (C=O) groups is 1. The molecule has 4 nitrogen and oxygen atoms in total. The molecule has 1 N–H and O–H groups in total. The number of hydrogen-bond acceptors (Lipinski definition) is 3. The maximum atomic E-state index is 13.1. The van der Waals surface area contributed by atoms with Gasteiger partial charge in [-0.05, 0) is 23.8 Å². The third kappa shape index (κ3) is 5.19. The Balaban J connectivity index is 1.77. The molecule has 1 amide bonds. The molecule has 0 aliphatic carbocycles. The molecule has 138 valence electrons. The van der Waals surface area contributed by atoms with E-state index < -0.39 is 0 Å². The quantitative estimate of drug-likeness (QED) is 0.662. The van der Waals surface area contributed by atoms with Gasteiger partial charge in [-0.25, -0.2) is 0 Å². The molecule has 3 rings (SSSR count). The van der Waals surface area contributed by atoms with Crippen LogP contribution in [0, 0.1) is 0 Å². The smallest absolute Gasteiger partial charge is 0.254 e. The van der Waals surface area contributed by atoms with Gasteiger partial charge in [0, 0.05) is 24.2 Å². The first-order valence-electron chi connectivity index (χ1n) is 8.98. The van der Waals surface area contributed by atoms with E-state index in [1.165, 1.54) is 0 Å². The van der Waals surface area contributed by atoms with Crippen LogP contribution in [0.4, 0.5) is 0 Å². The van der Waals surface area contributed by atoms with Crippen molar-refractivity contribution in [1.29, 1.82) is 0 Å². The van der Waals surface area contributed by atoms with Crippen molar-refractivity contribution in [3.8, 4) is 5.75 Å². The summed E-state index contributed by atoms with van der Waals surface area (Å²) in [4.78, 5) is 14.8. The SMILES string of the molecule is O=C(c1ccccc1COc1ccccc1)N(CCO)Cc1ccccc1. The van der Waals surface area contributed by atoms with E-state index in [1.54, 1.807) is 11.0 Å². The van der Waals surface area contributed by atoms with Crippen molar-refractivity contribution >= 4 is 5.91 Å². The molecule has 0 atom stereocenters. The third-order valence-electron chi connectivity index (χ3n) is 4.26. The summed E-state index contributed by atoms with van der Waals surface area (Å²) in [5.41, 5.74) is 2.44. The van der Waals surface area contributed by atoms with Crippen molar-refractivity contribution in [2.24, 2.45) is 0 Å². The number of carbonyl (C=O) groups excluding carboxylic acids is 1. The highest BCUT2D eigenvalue weighted by Crippen LogP contribution is 2.17. The number of para-hydroxylation sites is 1. The van der Waals surface area contributed by atoms with Crippen molar-refractivity contribution in [1.82, 2.24) is 4.90 Å². The summed E-state index contributed by atoms with van der Waals surface area (Å²) in [5.74, 6) is 0.649. The number of benzene rings is 3. The molecule has 0 unspecified atom stereocenters. The second-order valence-electron chi connectivity index (χ2n) is 6.19. The predicted molar refractivity (Wildman–Crippen MR) is 105 cm³/mol. The van der Waals surface area contributed by atoms with Crippen molar-refractivity contribution < 1.29 is 14.6 Å². The summed E-state index contributed by atoms with van der Waals surface area (Å²) >= 11 is 0. The molecule has 0 spiro atoms. The van der Waals surface area contributed by atoms with Crippen molar-refractivity contribution in [3.63, 3.8) is 0 Å². The van der Waals surface area contributed by atoms with Gasteiger partial charge in [-0.2, -0.15) is 0 Å². The van der Waals surface area contributed by atoms with E-state index in [2.05, 4.69) is 0 Å². The Morgan fingerprint density at radius 1 is 0.852 bits per heavy atom. The Kier molecular flexibility index (Phi) is 6.61. The maximum Gasteiger partial charge on any atom is 0.254 e. The maximum absolute atomic E-state index is 13.1. The van der Waals surface area contributed by atoms with Gasteiger partial charge in [-0.15, -0.1) is 0 Å². The van der Waals surface area contributed by atoms with Crippen LogP contribution >= 0.6 is 0 Å². The van der Waals surface area contributed by atoms with Crippen LogP contribution in [0.2, 0.25) is 0 Å². The van der Waals surface area contributed by atoms with E-state index in [4.69, 9.17) is 4.74 Å². The predicted octanol–water partition coefficient (Wildman–Crippen LogP) is 3.90. The minimum atomic E-state index is -0.111. The Morgan fingerprint density at radius 2 is 1.48 bits per heavy atom. The summed E-state index contributed by atoms with van der Waals surface area (Å²) in [6, 6.07) is 26.8. The van der Waals surface area contributed by atoms with Crippen molar-refractivity contribution in [2.45, 2.75) is 13.2 Å². The summed E-state index contributed by atoms with van der Waals surface area (Å²) in [5, 5.41) is 9.41. The summed E-state index contributed by atoms with van der Waals surface area (Å²) < 4.78 is 5.82. The lowest BCUT2D eigenvalue weighted by atomic mass is 10.1. The van der Waals surface area contributed by atoms with Crippen LogP contribution < -0.4 is 4.74 Å². The van der Waals surface area contributed by atoms with Crippen LogP contribution in [0.15, 0.2) is 84.9 Å². The van der Waals surface area contributed by atoms with Crippen LogP contribution in [-0.4, -0.2) is 29.1 Å². The second-order valence-corrected chi connectivity index (χ2v) is 6.19. The number of rotatable bonds is 8. The van der Waals surface area contributed by atoms with Crippen molar-refractivity contribution in [3.05, 3.63) is 102 Å². The number of aliphatic hydroxyl groups is 1. The number of amides is 1. The fourth-order valence-electron chi connectivity index (χ4n) is 2.88. The Bertz CT molecular complexity index is 850. The van der Waals surface area contributed by atoms with Gasteiger partial charge in [0.25, 0.3) is 5.91 Å². The van der Waals surface area contributed by atoms with Crippen LogP contribution in [-0.2, 0) is 13.2 Å². The molecule has 0 aliphatic rings. The number of hydrogen-bond donors (Lipinski definition) is 1. The van der Waals surface area contributed by atoms with Gasteiger partial charge in [-0.1, -0.05) is 66.7 Å². The standard InChI is InChI=1S/C23H23NO3/c25-16-15-24(17-19-9-3-1-4-10-19)23(26)22-14-8-7-11-20(22)18-27-21-12-5-2-6-13-21/h1-14,25H,15-18H2. The molecule has 4 heteroatoms. The van der Waals surface area contributed by atoms with E-state index in [1.807, 2.05) is 78.9 Å². The fourth-order valence-corrected chi connectivity index (χ4v) is 2.88. The molecule has 0 aliphatic heterocycles. The number of aliphatic hydroxyl groups excluding tert-OH is 1. The fraction of sp³-hybridized carbons (Fsp3) is 0.174. The van der Waals surface area contributed by atoms with E-state index in [9.17, 15) is 9.90 Å². The first kappa shape index (κ1) is 18.7.